The van der Waals surface area contributed by atoms with Crippen molar-refractivity contribution in [2.24, 2.45) is 33.7 Å². The van der Waals surface area contributed by atoms with E-state index in [9.17, 15) is 14.7 Å². The van der Waals surface area contributed by atoms with Crippen LogP contribution < -0.4 is 5.32 Å². The lowest BCUT2D eigenvalue weighted by molar-refractivity contribution is -0.145. The Hall–Kier alpha value is -2.93. The van der Waals surface area contributed by atoms with E-state index in [-0.39, 0.29) is 17.4 Å². The zero-order valence-electron chi connectivity index (χ0n) is 22.9. The Morgan fingerprint density at radius 3 is 2.58 bits per heavy atom. The molecule has 7 heteroatoms. The lowest BCUT2D eigenvalue weighted by Crippen LogP contribution is -2.53. The van der Waals surface area contributed by atoms with Crippen LogP contribution in [0.3, 0.4) is 0 Å². The lowest BCUT2D eigenvalue weighted by Gasteiger charge is -2.58. The van der Waals surface area contributed by atoms with Gasteiger partial charge in [0, 0.05) is 5.41 Å². The minimum absolute atomic E-state index is 0.0124. The minimum atomic E-state index is -0.904. The number of hydrogen-bond acceptors (Lipinski definition) is 6. The number of amides is 1. The zero-order valence-corrected chi connectivity index (χ0v) is 22.9. The molecule has 4 aliphatic carbocycles. The third-order valence-electron chi connectivity index (χ3n) is 10.4. The van der Waals surface area contributed by atoms with E-state index in [2.05, 4.69) is 36.5 Å². The maximum Gasteiger partial charge on any atom is 0.333 e. The molecule has 1 aromatic carbocycles. The molecule has 0 saturated heterocycles. The van der Waals surface area contributed by atoms with Crippen LogP contribution in [0.4, 0.5) is 0 Å². The van der Waals surface area contributed by atoms with Gasteiger partial charge in [-0.2, -0.15) is 0 Å². The first-order valence-corrected chi connectivity index (χ1v) is 13.8. The van der Waals surface area contributed by atoms with Crippen LogP contribution in [0.1, 0.15) is 70.9 Å². The fourth-order valence-corrected chi connectivity index (χ4v) is 7.92. The highest BCUT2D eigenvalue weighted by Gasteiger charge is 2.61. The van der Waals surface area contributed by atoms with E-state index in [0.717, 1.165) is 38.5 Å². The van der Waals surface area contributed by atoms with E-state index < -0.39 is 23.5 Å². The van der Waals surface area contributed by atoms with Gasteiger partial charge in [0.1, 0.15) is 5.71 Å². The van der Waals surface area contributed by atoms with Gasteiger partial charge in [0.2, 0.25) is 0 Å². The van der Waals surface area contributed by atoms with Crippen LogP contribution in [0, 0.1) is 28.6 Å². The molecule has 0 bridgehead atoms. The molecule has 3 fully saturated rings. The fraction of sp³-hybridized carbons (Fsp3) is 0.581. The quantitative estimate of drug-likeness (QED) is 0.412. The molecule has 1 amide bonds. The van der Waals surface area contributed by atoms with E-state index in [0.29, 0.717) is 29.0 Å². The Morgan fingerprint density at radius 2 is 1.84 bits per heavy atom. The van der Waals surface area contributed by atoms with Crippen molar-refractivity contribution in [3.63, 3.8) is 0 Å². The Balaban J connectivity index is 1.22. The highest BCUT2D eigenvalue weighted by Crippen LogP contribution is 2.66. The first-order chi connectivity index (χ1) is 18.1. The molecule has 1 aromatic rings. The summed E-state index contributed by atoms with van der Waals surface area (Å²) in [6.45, 7) is 6.41. The second kappa shape index (κ2) is 9.99. The van der Waals surface area contributed by atoms with E-state index in [4.69, 9.17) is 9.57 Å². The van der Waals surface area contributed by atoms with E-state index >= 15 is 0 Å². The summed E-state index contributed by atoms with van der Waals surface area (Å²) in [6, 6.07) is 8.05. The number of benzene rings is 1. The number of methoxy groups -OCH3 is 1. The highest BCUT2D eigenvalue weighted by molar-refractivity contribution is 6.05. The smallest absolute Gasteiger partial charge is 0.333 e. The maximum atomic E-state index is 12.5. The molecule has 3 saturated carbocycles. The van der Waals surface area contributed by atoms with Gasteiger partial charge in [0.15, 0.2) is 12.6 Å². The highest BCUT2D eigenvalue weighted by atomic mass is 16.6. The molecule has 0 radical (unpaired) electrons. The Bertz CT molecular complexity index is 1170. The van der Waals surface area contributed by atoms with Crippen LogP contribution in [0.5, 0.6) is 0 Å². The minimum Gasteiger partial charge on any atom is -0.467 e. The first kappa shape index (κ1) is 26.7. The molecule has 7 atom stereocenters. The van der Waals surface area contributed by atoms with Crippen LogP contribution in [-0.2, 0) is 19.2 Å². The van der Waals surface area contributed by atoms with Crippen molar-refractivity contribution in [2.75, 3.05) is 13.7 Å². The van der Waals surface area contributed by atoms with Crippen LogP contribution in [-0.4, -0.2) is 42.0 Å². The molecule has 0 unspecified atom stereocenters. The molecule has 7 nitrogen and oxygen atoms in total. The molecule has 2 N–H and O–H groups in total. The molecule has 38 heavy (non-hydrogen) atoms. The molecular weight excluding hydrogens is 480 g/mol. The van der Waals surface area contributed by atoms with Crippen molar-refractivity contribution in [3.05, 3.63) is 59.7 Å². The van der Waals surface area contributed by atoms with Crippen molar-refractivity contribution < 1.29 is 24.3 Å². The monoisotopic (exact) mass is 520 g/mol. The van der Waals surface area contributed by atoms with E-state index in [1.807, 2.05) is 19.1 Å². The number of ether oxygens (including phenoxy) is 1. The Labute approximate surface area is 225 Å². The largest absolute Gasteiger partial charge is 0.467 e. The second-order valence-corrected chi connectivity index (χ2v) is 12.2. The predicted octanol–water partition coefficient (Wildman–Crippen LogP) is 4.88. The molecular formula is C31H40N2O5. The van der Waals surface area contributed by atoms with Gasteiger partial charge in [0.05, 0.1) is 12.7 Å². The van der Waals surface area contributed by atoms with Crippen molar-refractivity contribution in [1.82, 2.24) is 5.32 Å². The van der Waals surface area contributed by atoms with E-state index in [1.54, 1.807) is 24.3 Å². The molecule has 4 aliphatic rings. The zero-order chi connectivity index (χ0) is 27.1. The van der Waals surface area contributed by atoms with Gasteiger partial charge in [-0.25, -0.2) is 4.79 Å². The number of rotatable bonds is 6. The number of nitrogens with one attached hydrogen (secondary N) is 1. The average Bonchev–Trinajstić information content (AvgIpc) is 3.16. The third-order valence-corrected chi connectivity index (χ3v) is 10.4. The second-order valence-electron chi connectivity index (χ2n) is 12.2. The van der Waals surface area contributed by atoms with Gasteiger partial charge in [0.25, 0.3) is 5.91 Å². The topological polar surface area (TPSA) is 97.2 Å². The summed E-state index contributed by atoms with van der Waals surface area (Å²) in [5.74, 6) is 0.760. The van der Waals surface area contributed by atoms with Gasteiger partial charge in [-0.3, -0.25) is 4.79 Å². The van der Waals surface area contributed by atoms with Crippen LogP contribution in [0.2, 0.25) is 0 Å². The fourth-order valence-electron chi connectivity index (χ4n) is 7.92. The third kappa shape index (κ3) is 4.49. The van der Waals surface area contributed by atoms with Gasteiger partial charge in [-0.05, 0) is 86.3 Å². The maximum absolute atomic E-state index is 12.5. The number of esters is 1. The normalized spacial score (nSPS) is 37.3. The van der Waals surface area contributed by atoms with Crippen molar-refractivity contribution in [2.45, 2.75) is 70.9 Å². The van der Waals surface area contributed by atoms with Gasteiger partial charge < -0.3 is 20.0 Å². The summed E-state index contributed by atoms with van der Waals surface area (Å²) in [6.07, 6.45) is 12.8. The summed E-state index contributed by atoms with van der Waals surface area (Å²) in [7, 11) is 1.29. The first-order valence-electron chi connectivity index (χ1n) is 13.8. The molecule has 5 rings (SSSR count). The summed E-state index contributed by atoms with van der Waals surface area (Å²) >= 11 is 0. The molecule has 0 spiro atoms. The van der Waals surface area contributed by atoms with Crippen molar-refractivity contribution >= 4 is 17.6 Å². The van der Waals surface area contributed by atoms with Crippen molar-refractivity contribution in [3.8, 4) is 0 Å². The van der Waals surface area contributed by atoms with Gasteiger partial charge in [-0.15, -0.1) is 0 Å². The number of fused-ring (bicyclic) bond motifs is 5. The number of hydrogen-bond donors (Lipinski definition) is 2. The number of oxime groups is 1. The van der Waals surface area contributed by atoms with Crippen LogP contribution >= 0.6 is 0 Å². The van der Waals surface area contributed by atoms with Gasteiger partial charge >= 0.3 is 5.97 Å². The van der Waals surface area contributed by atoms with E-state index in [1.165, 1.54) is 12.7 Å². The SMILES string of the molecule is COC(=O)[C@@H](NC(=O)CO/N=C1/C=C[C@@]2(C)C(=C1)CC[C@@H]1[C@@H]2CC[C@@]2(C)[C@H]1CC[C@]2(C)O)c1ccccc1. The number of allylic oxidation sites excluding steroid dienone is 4. The summed E-state index contributed by atoms with van der Waals surface area (Å²) in [5, 5.41) is 18.0. The number of carbonyl (C=O) groups excluding carboxylic acids is 2. The molecule has 0 heterocycles. The number of nitrogens with zero attached hydrogens (tertiary/aromatic N) is 1. The van der Waals surface area contributed by atoms with Gasteiger partial charge in [-0.1, -0.05) is 61.0 Å². The number of aliphatic hydroxyl groups is 1. The predicted molar refractivity (Wildman–Crippen MR) is 145 cm³/mol. The summed E-state index contributed by atoms with van der Waals surface area (Å²) < 4.78 is 4.85. The van der Waals surface area contributed by atoms with Crippen LogP contribution in [0.15, 0.2) is 59.3 Å². The average molecular weight is 521 g/mol. The molecule has 204 valence electrons. The lowest BCUT2D eigenvalue weighted by atomic mass is 9.47. The molecule has 0 aliphatic heterocycles. The van der Waals surface area contributed by atoms with Crippen molar-refractivity contribution in [1.29, 1.82) is 0 Å². The van der Waals surface area contributed by atoms with Crippen LogP contribution in [0.25, 0.3) is 0 Å². The Kier molecular flexibility index (Phi) is 7.01. The number of carbonyl (C=O) groups is 2. The summed E-state index contributed by atoms with van der Waals surface area (Å²) in [5.41, 5.74) is 2.13. The summed E-state index contributed by atoms with van der Waals surface area (Å²) in [4.78, 5) is 30.1. The molecule has 0 aromatic heterocycles. The Morgan fingerprint density at radius 1 is 1.11 bits per heavy atom. The standard InChI is InChI=1S/C31H40N2O5/c1-29-15-12-22(33-38-19-26(34)32-27(28(35)37-4)20-8-6-5-7-9-20)18-21(29)10-11-23-24(29)13-16-30(2)25(23)14-17-31(30,3)36/h5-9,12,15,18,23-25,27,36H,10-11,13-14,16-17,19H2,1-4H3,(H,32,34)/b33-22-/t23-,24+,25+,27+,29+,30+,31+/m1/s1.